The molecule has 0 aliphatic carbocycles. The molecule has 1 rings (SSSR count). The minimum atomic E-state index is -0.845. The zero-order chi connectivity index (χ0) is 12.0. The molecule has 0 atom stereocenters. The third-order valence-electron chi connectivity index (χ3n) is 2.36. The Labute approximate surface area is 93.9 Å². The first kappa shape index (κ1) is 12.4. The number of rotatable bonds is 6. The second kappa shape index (κ2) is 6.07. The van der Waals surface area contributed by atoms with Crippen molar-refractivity contribution in [2.45, 2.75) is 13.5 Å². The van der Waals surface area contributed by atoms with Gasteiger partial charge in [0.1, 0.15) is 0 Å². The van der Waals surface area contributed by atoms with Crippen LogP contribution in [0.15, 0.2) is 29.2 Å². The van der Waals surface area contributed by atoms with Gasteiger partial charge in [-0.05, 0) is 12.6 Å². The maximum Gasteiger partial charge on any atom is 0.317 e. The predicted molar refractivity (Wildman–Crippen MR) is 60.5 cm³/mol. The van der Waals surface area contributed by atoms with Gasteiger partial charge in [0.25, 0.3) is 5.56 Å². The fourth-order valence-electron chi connectivity index (χ4n) is 1.43. The smallest absolute Gasteiger partial charge is 0.317 e. The SMILES string of the molecule is CCN(CCn1ccccc1=O)CC(=O)O. The number of aromatic nitrogens is 1. The number of nitrogens with zero attached hydrogens (tertiary/aromatic N) is 2. The second-order valence-electron chi connectivity index (χ2n) is 3.49. The molecule has 0 saturated carbocycles. The Morgan fingerprint density at radius 3 is 2.81 bits per heavy atom. The van der Waals surface area contributed by atoms with Gasteiger partial charge in [0, 0.05) is 25.4 Å². The minimum absolute atomic E-state index is 0.0120. The molecule has 0 unspecified atom stereocenters. The summed E-state index contributed by atoms with van der Waals surface area (Å²) in [6, 6.07) is 4.97. The molecule has 1 aromatic rings. The molecular weight excluding hydrogens is 208 g/mol. The molecule has 0 radical (unpaired) electrons. The van der Waals surface area contributed by atoms with E-state index in [1.807, 2.05) is 6.92 Å². The lowest BCUT2D eigenvalue weighted by molar-refractivity contribution is -0.138. The van der Waals surface area contributed by atoms with Crippen molar-refractivity contribution in [2.24, 2.45) is 0 Å². The number of carboxylic acids is 1. The van der Waals surface area contributed by atoms with E-state index in [2.05, 4.69) is 0 Å². The van der Waals surface area contributed by atoms with Crippen LogP contribution in [0.3, 0.4) is 0 Å². The fourth-order valence-corrected chi connectivity index (χ4v) is 1.43. The molecular formula is C11H16N2O3. The summed E-state index contributed by atoms with van der Waals surface area (Å²) in [6.45, 7) is 3.65. The van der Waals surface area contributed by atoms with Gasteiger partial charge < -0.3 is 9.67 Å². The van der Waals surface area contributed by atoms with Crippen molar-refractivity contribution < 1.29 is 9.90 Å². The van der Waals surface area contributed by atoms with Gasteiger partial charge in [0.2, 0.25) is 0 Å². The summed E-state index contributed by atoms with van der Waals surface area (Å²) >= 11 is 0. The van der Waals surface area contributed by atoms with Crippen molar-refractivity contribution in [3.05, 3.63) is 34.7 Å². The molecule has 16 heavy (non-hydrogen) atoms. The maximum atomic E-state index is 11.4. The average molecular weight is 224 g/mol. The van der Waals surface area contributed by atoms with E-state index in [9.17, 15) is 9.59 Å². The molecule has 88 valence electrons. The summed E-state index contributed by atoms with van der Waals surface area (Å²) in [5.74, 6) is -0.845. The van der Waals surface area contributed by atoms with Gasteiger partial charge in [0.05, 0.1) is 6.54 Å². The van der Waals surface area contributed by atoms with Crippen molar-refractivity contribution in [3.63, 3.8) is 0 Å². The Bertz CT molecular complexity index is 400. The van der Waals surface area contributed by atoms with Gasteiger partial charge in [-0.1, -0.05) is 13.0 Å². The highest BCUT2D eigenvalue weighted by molar-refractivity contribution is 5.69. The molecule has 5 nitrogen and oxygen atoms in total. The van der Waals surface area contributed by atoms with Crippen molar-refractivity contribution in [2.75, 3.05) is 19.6 Å². The molecule has 1 heterocycles. The molecule has 1 N–H and O–H groups in total. The Kier molecular flexibility index (Phi) is 4.72. The van der Waals surface area contributed by atoms with E-state index in [1.54, 1.807) is 27.8 Å². The molecule has 0 spiro atoms. The highest BCUT2D eigenvalue weighted by atomic mass is 16.4. The Morgan fingerprint density at radius 2 is 2.25 bits per heavy atom. The van der Waals surface area contributed by atoms with E-state index < -0.39 is 5.97 Å². The van der Waals surface area contributed by atoms with Crippen LogP contribution in [0.1, 0.15) is 6.92 Å². The molecule has 1 aromatic heterocycles. The topological polar surface area (TPSA) is 62.5 Å². The normalized spacial score (nSPS) is 10.6. The molecule has 0 aromatic carbocycles. The van der Waals surface area contributed by atoms with E-state index in [0.29, 0.717) is 19.6 Å². The number of hydrogen-bond donors (Lipinski definition) is 1. The number of likely N-dealkylation sites (N-methyl/N-ethyl adjacent to an activating group) is 1. The first-order valence-corrected chi connectivity index (χ1v) is 5.23. The summed E-state index contributed by atoms with van der Waals surface area (Å²) in [5, 5.41) is 8.66. The van der Waals surface area contributed by atoms with Gasteiger partial charge in [0.15, 0.2) is 0 Å². The number of pyridine rings is 1. The van der Waals surface area contributed by atoms with Crippen LogP contribution in [0.4, 0.5) is 0 Å². The van der Waals surface area contributed by atoms with Gasteiger partial charge >= 0.3 is 5.97 Å². The average Bonchev–Trinajstić information content (AvgIpc) is 2.25. The fraction of sp³-hybridized carbons (Fsp3) is 0.455. The summed E-state index contributed by atoms with van der Waals surface area (Å²) in [7, 11) is 0. The third kappa shape index (κ3) is 3.86. The third-order valence-corrected chi connectivity index (χ3v) is 2.36. The first-order chi connectivity index (χ1) is 7.63. The molecule has 0 amide bonds. The van der Waals surface area contributed by atoms with Gasteiger partial charge in [-0.2, -0.15) is 0 Å². The Balaban J connectivity index is 2.53. The van der Waals surface area contributed by atoms with Crippen LogP contribution in [-0.2, 0) is 11.3 Å². The van der Waals surface area contributed by atoms with Crippen LogP contribution in [0.2, 0.25) is 0 Å². The maximum absolute atomic E-state index is 11.4. The molecule has 5 heteroatoms. The lowest BCUT2D eigenvalue weighted by atomic mass is 10.4. The quantitative estimate of drug-likeness (QED) is 0.752. The highest BCUT2D eigenvalue weighted by Crippen LogP contribution is 1.90. The van der Waals surface area contributed by atoms with Crippen LogP contribution in [0.25, 0.3) is 0 Å². The summed E-state index contributed by atoms with van der Waals surface area (Å²) in [5.41, 5.74) is -0.0612. The monoisotopic (exact) mass is 224 g/mol. The largest absolute Gasteiger partial charge is 0.480 e. The van der Waals surface area contributed by atoms with Crippen LogP contribution >= 0.6 is 0 Å². The van der Waals surface area contributed by atoms with Gasteiger partial charge in [-0.25, -0.2) is 0 Å². The van der Waals surface area contributed by atoms with Crippen LogP contribution in [0.5, 0.6) is 0 Å². The van der Waals surface area contributed by atoms with E-state index >= 15 is 0 Å². The zero-order valence-corrected chi connectivity index (χ0v) is 9.30. The van der Waals surface area contributed by atoms with Crippen LogP contribution in [-0.4, -0.2) is 40.2 Å². The summed E-state index contributed by atoms with van der Waals surface area (Å²) in [4.78, 5) is 23.7. The van der Waals surface area contributed by atoms with E-state index in [-0.39, 0.29) is 12.1 Å². The second-order valence-corrected chi connectivity index (χ2v) is 3.49. The number of hydrogen-bond acceptors (Lipinski definition) is 3. The first-order valence-electron chi connectivity index (χ1n) is 5.23. The van der Waals surface area contributed by atoms with Gasteiger partial charge in [-0.15, -0.1) is 0 Å². The number of aliphatic carboxylic acids is 1. The van der Waals surface area contributed by atoms with Crippen LogP contribution < -0.4 is 5.56 Å². The van der Waals surface area contributed by atoms with Crippen molar-refractivity contribution >= 4 is 5.97 Å². The molecule has 0 aliphatic heterocycles. The molecule has 0 bridgehead atoms. The van der Waals surface area contributed by atoms with Gasteiger partial charge in [-0.3, -0.25) is 14.5 Å². The van der Waals surface area contributed by atoms with E-state index in [1.165, 1.54) is 6.07 Å². The van der Waals surface area contributed by atoms with E-state index in [0.717, 1.165) is 0 Å². The van der Waals surface area contributed by atoms with Crippen LogP contribution in [0, 0.1) is 0 Å². The van der Waals surface area contributed by atoms with E-state index in [4.69, 9.17) is 5.11 Å². The summed E-state index contributed by atoms with van der Waals surface area (Å²) < 4.78 is 1.57. The Hall–Kier alpha value is -1.62. The molecule has 0 aliphatic rings. The minimum Gasteiger partial charge on any atom is -0.480 e. The Morgan fingerprint density at radius 1 is 1.50 bits per heavy atom. The zero-order valence-electron chi connectivity index (χ0n) is 9.30. The van der Waals surface area contributed by atoms with Crippen molar-refractivity contribution in [1.29, 1.82) is 0 Å². The lowest BCUT2D eigenvalue weighted by Gasteiger charge is -2.18. The number of carbonyl (C=O) groups is 1. The molecule has 0 fully saturated rings. The van der Waals surface area contributed by atoms with Crippen molar-refractivity contribution in [3.8, 4) is 0 Å². The highest BCUT2D eigenvalue weighted by Gasteiger charge is 2.07. The molecule has 0 saturated heterocycles. The lowest BCUT2D eigenvalue weighted by Crippen LogP contribution is -2.34. The van der Waals surface area contributed by atoms with Crippen molar-refractivity contribution in [1.82, 2.24) is 9.47 Å². The standard InChI is InChI=1S/C11H16N2O3/c1-2-12(9-11(15)16)7-8-13-6-4-3-5-10(13)14/h3-6H,2,7-9H2,1H3,(H,15,16). The summed E-state index contributed by atoms with van der Waals surface area (Å²) in [6.07, 6.45) is 1.71. The number of carboxylic acid groups (broad SMARTS) is 1. The predicted octanol–water partition coefficient (Wildman–Crippen LogP) is 0.255.